The zero-order valence-electron chi connectivity index (χ0n) is 12.8. The van der Waals surface area contributed by atoms with Crippen molar-refractivity contribution in [1.29, 1.82) is 0 Å². The van der Waals surface area contributed by atoms with Gasteiger partial charge in [-0.3, -0.25) is 9.59 Å². The zero-order valence-corrected chi connectivity index (χ0v) is 13.5. The van der Waals surface area contributed by atoms with Crippen LogP contribution in [0, 0.1) is 0 Å². The van der Waals surface area contributed by atoms with Crippen molar-refractivity contribution >= 4 is 23.5 Å². The Kier molecular flexibility index (Phi) is 7.23. The maximum atomic E-state index is 12.6. The van der Waals surface area contributed by atoms with E-state index in [1.54, 1.807) is 36.1 Å². The summed E-state index contributed by atoms with van der Waals surface area (Å²) < 4.78 is 4.91. The maximum absolute atomic E-state index is 12.6. The van der Waals surface area contributed by atoms with Crippen LogP contribution in [-0.2, 0) is 9.53 Å². The van der Waals surface area contributed by atoms with Gasteiger partial charge in [0.15, 0.2) is 0 Å². The van der Waals surface area contributed by atoms with Crippen LogP contribution < -0.4 is 0 Å². The fourth-order valence-corrected chi connectivity index (χ4v) is 2.16. The summed E-state index contributed by atoms with van der Waals surface area (Å²) in [6.07, 6.45) is 1.01. The van der Waals surface area contributed by atoms with E-state index in [1.807, 2.05) is 13.8 Å². The van der Waals surface area contributed by atoms with Crippen molar-refractivity contribution < 1.29 is 14.3 Å². The molecule has 0 aromatic heterocycles. The molecule has 5 heteroatoms. The van der Waals surface area contributed by atoms with E-state index in [0.29, 0.717) is 23.7 Å². The molecule has 0 spiro atoms. The van der Waals surface area contributed by atoms with Gasteiger partial charge in [-0.05, 0) is 38.5 Å². The van der Waals surface area contributed by atoms with E-state index in [2.05, 4.69) is 0 Å². The quantitative estimate of drug-likeness (QED) is 0.724. The van der Waals surface area contributed by atoms with E-state index in [1.165, 1.54) is 0 Å². The number of esters is 1. The molecule has 0 saturated heterocycles. The Morgan fingerprint density at radius 3 is 2.62 bits per heavy atom. The summed E-state index contributed by atoms with van der Waals surface area (Å²) in [5.74, 6) is -0.402. The molecule has 0 aliphatic carbocycles. The van der Waals surface area contributed by atoms with E-state index in [0.717, 1.165) is 6.42 Å². The van der Waals surface area contributed by atoms with Crippen LogP contribution in [0.5, 0.6) is 0 Å². The van der Waals surface area contributed by atoms with Gasteiger partial charge < -0.3 is 9.64 Å². The van der Waals surface area contributed by atoms with Gasteiger partial charge in [-0.2, -0.15) is 0 Å². The second kappa shape index (κ2) is 8.67. The average Bonchev–Trinajstić information content (AvgIpc) is 2.47. The summed E-state index contributed by atoms with van der Waals surface area (Å²) in [5, 5.41) is 0.523. The predicted octanol–water partition coefficient (Wildman–Crippen LogP) is 3.53. The smallest absolute Gasteiger partial charge is 0.307 e. The van der Waals surface area contributed by atoms with Crippen LogP contribution in [0.3, 0.4) is 0 Å². The topological polar surface area (TPSA) is 46.6 Å². The first-order valence-electron chi connectivity index (χ1n) is 7.21. The SMILES string of the molecule is CCOC(=O)CCN(C(=O)c1cccc(Cl)c1)C(C)CC. The molecule has 21 heavy (non-hydrogen) atoms. The van der Waals surface area contributed by atoms with E-state index in [9.17, 15) is 9.59 Å². The second-order valence-electron chi connectivity index (χ2n) is 4.82. The van der Waals surface area contributed by atoms with Crippen molar-refractivity contribution in [2.24, 2.45) is 0 Å². The number of rotatable bonds is 7. The highest BCUT2D eigenvalue weighted by Gasteiger charge is 2.21. The summed E-state index contributed by atoms with van der Waals surface area (Å²) >= 11 is 5.93. The fourth-order valence-electron chi connectivity index (χ4n) is 1.97. The highest BCUT2D eigenvalue weighted by Crippen LogP contribution is 2.16. The van der Waals surface area contributed by atoms with E-state index in [-0.39, 0.29) is 24.3 Å². The van der Waals surface area contributed by atoms with Crippen molar-refractivity contribution in [2.75, 3.05) is 13.2 Å². The van der Waals surface area contributed by atoms with Crippen molar-refractivity contribution in [2.45, 2.75) is 39.7 Å². The van der Waals surface area contributed by atoms with Crippen LogP contribution in [0.2, 0.25) is 5.02 Å². The Hall–Kier alpha value is -1.55. The number of nitrogens with zero attached hydrogens (tertiary/aromatic N) is 1. The van der Waals surface area contributed by atoms with Crippen LogP contribution in [0.4, 0.5) is 0 Å². The van der Waals surface area contributed by atoms with Crippen molar-refractivity contribution in [1.82, 2.24) is 4.90 Å². The first-order valence-corrected chi connectivity index (χ1v) is 7.59. The second-order valence-corrected chi connectivity index (χ2v) is 5.26. The molecule has 0 fully saturated rings. The van der Waals surface area contributed by atoms with E-state index >= 15 is 0 Å². The third-order valence-electron chi connectivity index (χ3n) is 3.32. The van der Waals surface area contributed by atoms with E-state index < -0.39 is 0 Å². The molecule has 4 nitrogen and oxygen atoms in total. The van der Waals surface area contributed by atoms with E-state index in [4.69, 9.17) is 16.3 Å². The Bertz CT molecular complexity index is 490. The molecule has 0 saturated carbocycles. The van der Waals surface area contributed by atoms with Crippen molar-refractivity contribution in [3.05, 3.63) is 34.9 Å². The molecule has 0 bridgehead atoms. The van der Waals surface area contributed by atoms with Crippen LogP contribution in [0.15, 0.2) is 24.3 Å². The molecule has 1 aromatic rings. The number of amides is 1. The Balaban J connectivity index is 2.82. The molecule has 0 N–H and O–H groups in total. The number of hydrogen-bond acceptors (Lipinski definition) is 3. The number of benzene rings is 1. The summed E-state index contributed by atoms with van der Waals surface area (Å²) in [6, 6.07) is 6.89. The average molecular weight is 312 g/mol. The van der Waals surface area contributed by atoms with Gasteiger partial charge in [0.25, 0.3) is 5.91 Å². The largest absolute Gasteiger partial charge is 0.466 e. The normalized spacial score (nSPS) is 11.8. The van der Waals surface area contributed by atoms with Gasteiger partial charge in [0.05, 0.1) is 13.0 Å². The standard InChI is InChI=1S/C16H22ClNO3/c1-4-12(3)18(10-9-15(19)21-5-2)16(20)13-7-6-8-14(17)11-13/h6-8,11-12H,4-5,9-10H2,1-3H3. The molecule has 0 radical (unpaired) electrons. The monoisotopic (exact) mass is 311 g/mol. The molecule has 0 heterocycles. The molecule has 0 aliphatic rings. The van der Waals surface area contributed by atoms with Crippen LogP contribution >= 0.6 is 11.6 Å². The molecule has 0 aliphatic heterocycles. The zero-order chi connectivity index (χ0) is 15.8. The molecular formula is C16H22ClNO3. The van der Waals surface area contributed by atoms with Gasteiger partial charge in [0, 0.05) is 23.2 Å². The first-order chi connectivity index (χ1) is 9.99. The third kappa shape index (κ3) is 5.38. The molecule has 1 aromatic carbocycles. The van der Waals surface area contributed by atoms with Gasteiger partial charge in [0.1, 0.15) is 0 Å². The molecule has 1 unspecified atom stereocenters. The highest BCUT2D eigenvalue weighted by molar-refractivity contribution is 6.30. The number of carbonyl (C=O) groups excluding carboxylic acids is 2. The lowest BCUT2D eigenvalue weighted by molar-refractivity contribution is -0.143. The molecular weight excluding hydrogens is 290 g/mol. The number of ether oxygens (including phenoxy) is 1. The lowest BCUT2D eigenvalue weighted by atomic mass is 10.1. The lowest BCUT2D eigenvalue weighted by Crippen LogP contribution is -2.39. The minimum Gasteiger partial charge on any atom is -0.466 e. The van der Waals surface area contributed by atoms with Gasteiger partial charge in [0.2, 0.25) is 0 Å². The van der Waals surface area contributed by atoms with Gasteiger partial charge in [-0.25, -0.2) is 0 Å². The minimum atomic E-state index is -0.287. The number of halogens is 1. The summed E-state index contributed by atoms with van der Waals surface area (Å²) in [6.45, 7) is 6.44. The van der Waals surface area contributed by atoms with Crippen molar-refractivity contribution in [3.8, 4) is 0 Å². The van der Waals surface area contributed by atoms with Gasteiger partial charge >= 0.3 is 5.97 Å². The maximum Gasteiger partial charge on any atom is 0.307 e. The Labute approximate surface area is 131 Å². The number of carbonyl (C=O) groups is 2. The highest BCUT2D eigenvalue weighted by atomic mass is 35.5. The van der Waals surface area contributed by atoms with Crippen LogP contribution in [0.1, 0.15) is 44.0 Å². The van der Waals surface area contributed by atoms with Gasteiger partial charge in [-0.15, -0.1) is 0 Å². The Morgan fingerprint density at radius 1 is 1.33 bits per heavy atom. The first kappa shape index (κ1) is 17.5. The lowest BCUT2D eigenvalue weighted by Gasteiger charge is -2.28. The predicted molar refractivity (Wildman–Crippen MR) is 83.5 cm³/mol. The molecule has 1 atom stereocenters. The summed E-state index contributed by atoms with van der Waals surface area (Å²) in [7, 11) is 0. The Morgan fingerprint density at radius 2 is 2.05 bits per heavy atom. The van der Waals surface area contributed by atoms with Gasteiger partial charge in [-0.1, -0.05) is 24.6 Å². The fraction of sp³-hybridized carbons (Fsp3) is 0.500. The molecule has 116 valence electrons. The molecule has 1 rings (SSSR count). The van der Waals surface area contributed by atoms with Crippen molar-refractivity contribution in [3.63, 3.8) is 0 Å². The summed E-state index contributed by atoms with van der Waals surface area (Å²) in [5.41, 5.74) is 0.534. The van der Waals surface area contributed by atoms with Crippen LogP contribution in [-0.4, -0.2) is 36.0 Å². The molecule has 1 amide bonds. The minimum absolute atomic E-state index is 0.0471. The third-order valence-corrected chi connectivity index (χ3v) is 3.55. The summed E-state index contributed by atoms with van der Waals surface area (Å²) in [4.78, 5) is 25.8. The number of hydrogen-bond donors (Lipinski definition) is 0. The van der Waals surface area contributed by atoms with Crippen LogP contribution in [0.25, 0.3) is 0 Å².